The van der Waals surface area contributed by atoms with E-state index in [1.807, 2.05) is 0 Å². The van der Waals surface area contributed by atoms with Gasteiger partial charge in [0, 0.05) is 12.1 Å². The van der Waals surface area contributed by atoms with Crippen molar-refractivity contribution in [2.24, 2.45) is 5.50 Å². The molecule has 0 aromatic heterocycles. The number of hydrogen-bond acceptors (Lipinski definition) is 1. The first-order valence-electron chi connectivity index (χ1n) is 7.10. The first-order chi connectivity index (χ1) is 8.16. The third-order valence-electron chi connectivity index (χ3n) is 3.96. The molecule has 0 amide bonds. The van der Waals surface area contributed by atoms with E-state index in [9.17, 15) is 0 Å². The van der Waals surface area contributed by atoms with Crippen molar-refractivity contribution in [3.8, 4) is 0 Å². The van der Waals surface area contributed by atoms with Crippen LogP contribution < -0.4 is 15.7 Å². The number of nitrogens with one attached hydrogen (secondary N) is 2. The van der Waals surface area contributed by atoms with Gasteiger partial charge in [-0.15, -0.1) is 0 Å². The van der Waals surface area contributed by atoms with E-state index in [0.29, 0.717) is 12.1 Å². The Labute approximate surface area is 110 Å². The number of hydrogen-bond donors (Lipinski definition) is 3. The first kappa shape index (κ1) is 14.0. The molecule has 2 rings (SSSR count). The van der Waals surface area contributed by atoms with Crippen LogP contribution in [0.2, 0.25) is 0 Å². The van der Waals surface area contributed by atoms with Gasteiger partial charge in [-0.05, 0) is 37.5 Å². The molecule has 5 heteroatoms. The fraction of sp³-hybridized carbons (Fsp3) is 1.00. The Morgan fingerprint density at radius 2 is 1.12 bits per heavy atom. The molecular formula is C12H26N3PS. The predicted octanol–water partition coefficient (Wildman–Crippen LogP) is 3.01. The molecule has 0 bridgehead atoms. The summed E-state index contributed by atoms with van der Waals surface area (Å²) in [4.78, 5) is 0. The van der Waals surface area contributed by atoms with E-state index in [0.717, 1.165) is 0 Å². The maximum atomic E-state index is 6.28. The highest BCUT2D eigenvalue weighted by atomic mass is 32.4. The van der Waals surface area contributed by atoms with Crippen LogP contribution in [0.1, 0.15) is 64.2 Å². The molecule has 0 heterocycles. The highest BCUT2D eigenvalue weighted by molar-refractivity contribution is 8.11. The Bertz CT molecular complexity index is 249. The summed E-state index contributed by atoms with van der Waals surface area (Å²) in [7, 11) is 0. The van der Waals surface area contributed by atoms with Crippen molar-refractivity contribution in [3.05, 3.63) is 0 Å². The van der Waals surface area contributed by atoms with Crippen molar-refractivity contribution in [1.82, 2.24) is 10.2 Å². The molecule has 3 nitrogen and oxygen atoms in total. The molecule has 0 radical (unpaired) electrons. The summed E-state index contributed by atoms with van der Waals surface area (Å²) in [5.41, 5.74) is 6.28. The molecule has 0 atom stereocenters. The average molecular weight is 275 g/mol. The lowest BCUT2D eigenvalue weighted by molar-refractivity contribution is 0.405. The molecule has 0 aromatic rings. The van der Waals surface area contributed by atoms with Crippen LogP contribution in [0.5, 0.6) is 0 Å². The Kier molecular flexibility index (Phi) is 5.44. The highest BCUT2D eigenvalue weighted by Gasteiger charge is 2.23. The van der Waals surface area contributed by atoms with Gasteiger partial charge in [0.2, 0.25) is 0 Å². The van der Waals surface area contributed by atoms with Crippen molar-refractivity contribution in [2.45, 2.75) is 76.3 Å². The largest absolute Gasteiger partial charge is 0.279 e. The van der Waals surface area contributed by atoms with Crippen LogP contribution in [0.4, 0.5) is 0 Å². The predicted molar refractivity (Wildman–Crippen MR) is 78.5 cm³/mol. The van der Waals surface area contributed by atoms with Gasteiger partial charge >= 0.3 is 0 Å². The molecule has 17 heavy (non-hydrogen) atoms. The molecule has 2 saturated carbocycles. The van der Waals surface area contributed by atoms with Crippen molar-refractivity contribution < 1.29 is 0 Å². The highest BCUT2D eigenvalue weighted by Crippen LogP contribution is 2.33. The van der Waals surface area contributed by atoms with E-state index < -0.39 is 6.49 Å². The lowest BCUT2D eigenvalue weighted by atomic mass is 9.96. The first-order valence-corrected chi connectivity index (χ1v) is 9.97. The van der Waals surface area contributed by atoms with Gasteiger partial charge in [0.1, 0.15) is 6.49 Å². The van der Waals surface area contributed by atoms with Crippen LogP contribution in [-0.4, -0.2) is 12.1 Å². The van der Waals surface area contributed by atoms with Crippen LogP contribution in [0, 0.1) is 0 Å². The van der Waals surface area contributed by atoms with E-state index >= 15 is 0 Å². The van der Waals surface area contributed by atoms with Crippen LogP contribution >= 0.6 is 6.49 Å². The summed E-state index contributed by atoms with van der Waals surface area (Å²) in [6.45, 7) is -2.00. The van der Waals surface area contributed by atoms with Crippen LogP contribution in [0.3, 0.4) is 0 Å². The lowest BCUT2D eigenvalue weighted by Gasteiger charge is -2.33. The number of rotatable bonds is 4. The SMILES string of the molecule is NP(=S)(NC1CCCCC1)NC1CCCCC1. The van der Waals surface area contributed by atoms with Gasteiger partial charge in [0.05, 0.1) is 0 Å². The quantitative estimate of drug-likeness (QED) is 0.690. The summed E-state index contributed by atoms with van der Waals surface area (Å²) in [5.74, 6) is 0. The molecule has 0 saturated heterocycles. The zero-order chi connectivity index (χ0) is 12.1. The van der Waals surface area contributed by atoms with Gasteiger partial charge in [-0.25, -0.2) is 0 Å². The molecule has 0 spiro atoms. The summed E-state index contributed by atoms with van der Waals surface area (Å²) >= 11 is 5.57. The van der Waals surface area contributed by atoms with E-state index in [2.05, 4.69) is 10.2 Å². The van der Waals surface area contributed by atoms with Gasteiger partial charge in [-0.2, -0.15) is 0 Å². The topological polar surface area (TPSA) is 50.1 Å². The third-order valence-corrected chi connectivity index (χ3v) is 6.09. The molecule has 2 aliphatic rings. The van der Waals surface area contributed by atoms with Gasteiger partial charge in [-0.3, -0.25) is 15.7 Å². The van der Waals surface area contributed by atoms with Crippen molar-refractivity contribution >= 4 is 18.3 Å². The summed E-state index contributed by atoms with van der Waals surface area (Å²) in [6.07, 6.45) is 13.1. The van der Waals surface area contributed by atoms with Crippen molar-refractivity contribution in [1.29, 1.82) is 0 Å². The maximum Gasteiger partial charge on any atom is 0.135 e. The number of nitrogens with two attached hydrogens (primary N) is 1. The minimum Gasteiger partial charge on any atom is -0.279 e. The maximum absolute atomic E-state index is 6.28. The van der Waals surface area contributed by atoms with Crippen LogP contribution in [0.25, 0.3) is 0 Å². The average Bonchev–Trinajstić information content (AvgIpc) is 2.30. The van der Waals surface area contributed by atoms with Crippen molar-refractivity contribution in [3.63, 3.8) is 0 Å². The monoisotopic (exact) mass is 275 g/mol. The summed E-state index contributed by atoms with van der Waals surface area (Å²) in [6, 6.07) is 1.13. The Hall–Kier alpha value is 0.530. The molecule has 0 unspecified atom stereocenters. The van der Waals surface area contributed by atoms with Gasteiger partial charge in [0.25, 0.3) is 0 Å². The molecule has 0 aliphatic heterocycles. The van der Waals surface area contributed by atoms with Crippen LogP contribution in [0.15, 0.2) is 0 Å². The van der Waals surface area contributed by atoms with Gasteiger partial charge < -0.3 is 0 Å². The second-order valence-electron chi connectivity index (χ2n) is 5.59. The van der Waals surface area contributed by atoms with E-state index in [-0.39, 0.29) is 0 Å². The summed E-state index contributed by atoms with van der Waals surface area (Å²) < 4.78 is 0. The Morgan fingerprint density at radius 3 is 1.47 bits per heavy atom. The van der Waals surface area contributed by atoms with Crippen molar-refractivity contribution in [2.75, 3.05) is 0 Å². The molecule has 100 valence electrons. The van der Waals surface area contributed by atoms with E-state index in [1.54, 1.807) is 0 Å². The second-order valence-corrected chi connectivity index (χ2v) is 9.15. The molecule has 2 fully saturated rings. The Balaban J connectivity index is 1.78. The fourth-order valence-electron chi connectivity index (χ4n) is 3.04. The van der Waals surface area contributed by atoms with Gasteiger partial charge in [0.15, 0.2) is 0 Å². The zero-order valence-electron chi connectivity index (χ0n) is 10.7. The molecule has 4 N–H and O–H groups in total. The zero-order valence-corrected chi connectivity index (χ0v) is 12.4. The van der Waals surface area contributed by atoms with E-state index in [4.69, 9.17) is 17.3 Å². The molecular weight excluding hydrogens is 249 g/mol. The van der Waals surface area contributed by atoms with E-state index in [1.165, 1.54) is 64.2 Å². The minimum atomic E-state index is -2.00. The second kappa shape index (κ2) is 6.63. The smallest absolute Gasteiger partial charge is 0.135 e. The van der Waals surface area contributed by atoms with Gasteiger partial charge in [-0.1, -0.05) is 38.5 Å². The summed E-state index contributed by atoms with van der Waals surface area (Å²) in [5, 5.41) is 7.07. The molecule has 2 aliphatic carbocycles. The fourth-order valence-corrected chi connectivity index (χ4v) is 5.61. The normalized spacial score (nSPS) is 25.0. The lowest BCUT2D eigenvalue weighted by Crippen LogP contribution is -2.40. The standard InChI is InChI=1S/C12H26N3PS/c13-16(17,14-11-7-3-1-4-8-11)15-12-9-5-2-6-10-12/h11-12H,1-10H2,(H4,13,14,15,17). The third kappa shape index (κ3) is 4.96. The minimum absolute atomic E-state index is 0.565. The molecule has 0 aromatic carbocycles. The Morgan fingerprint density at radius 1 is 0.765 bits per heavy atom. The van der Waals surface area contributed by atoms with Crippen LogP contribution in [-0.2, 0) is 11.8 Å².